The quantitative estimate of drug-likeness (QED) is 0.800. The van der Waals surface area contributed by atoms with Crippen molar-refractivity contribution in [2.24, 2.45) is 0 Å². The Bertz CT molecular complexity index is 827. The summed E-state index contributed by atoms with van der Waals surface area (Å²) < 4.78 is 8.50. The lowest BCUT2D eigenvalue weighted by atomic mass is 9.78. The molecule has 0 unspecified atom stereocenters. The van der Waals surface area contributed by atoms with Gasteiger partial charge in [-0.3, -0.25) is 9.36 Å². The van der Waals surface area contributed by atoms with Crippen molar-refractivity contribution in [3.8, 4) is 0 Å². The maximum absolute atomic E-state index is 13.0. The van der Waals surface area contributed by atoms with Crippen LogP contribution in [0.1, 0.15) is 51.0 Å². The number of hydrogen-bond acceptors (Lipinski definition) is 3. The van der Waals surface area contributed by atoms with Crippen LogP contribution in [-0.2, 0) is 4.74 Å². The lowest BCUT2D eigenvalue weighted by Gasteiger charge is -2.43. The Labute approximate surface area is 140 Å². The molecule has 5 heteroatoms. The molecule has 122 valence electrons. The molecule has 2 aromatic rings. The Morgan fingerprint density at radius 3 is 2.83 bits per heavy atom. The normalized spacial score (nSPS) is 24.1. The average molecular weight is 330 g/mol. The van der Waals surface area contributed by atoms with Gasteiger partial charge in [0.15, 0.2) is 4.77 Å². The molecule has 1 saturated heterocycles. The first kappa shape index (κ1) is 15.1. The van der Waals surface area contributed by atoms with Crippen molar-refractivity contribution in [2.75, 3.05) is 6.61 Å². The van der Waals surface area contributed by atoms with Crippen molar-refractivity contribution in [1.82, 2.24) is 9.55 Å². The van der Waals surface area contributed by atoms with Crippen LogP contribution in [0.3, 0.4) is 0 Å². The fourth-order valence-corrected chi connectivity index (χ4v) is 4.62. The van der Waals surface area contributed by atoms with Crippen LogP contribution >= 0.6 is 12.2 Å². The molecule has 1 aliphatic heterocycles. The summed E-state index contributed by atoms with van der Waals surface area (Å²) in [4.78, 5) is 16.2. The van der Waals surface area contributed by atoms with Crippen molar-refractivity contribution >= 4 is 23.1 Å². The summed E-state index contributed by atoms with van der Waals surface area (Å²) in [6, 6.07) is 7.74. The average Bonchev–Trinajstić information content (AvgIpc) is 2.56. The largest absolute Gasteiger partial charge is 0.375 e. The molecule has 0 bridgehead atoms. The molecule has 2 fully saturated rings. The molecule has 1 N–H and O–H groups in total. The Balaban J connectivity index is 1.76. The molecule has 1 saturated carbocycles. The van der Waals surface area contributed by atoms with Crippen LogP contribution in [0.2, 0.25) is 0 Å². The molecule has 0 amide bonds. The van der Waals surface area contributed by atoms with E-state index in [4.69, 9.17) is 17.0 Å². The summed E-state index contributed by atoms with van der Waals surface area (Å²) in [6.45, 7) is 0.721. The van der Waals surface area contributed by atoms with E-state index < -0.39 is 0 Å². The predicted molar refractivity (Wildman–Crippen MR) is 93.4 cm³/mol. The third-order valence-corrected chi connectivity index (χ3v) is 5.73. The molecule has 4 rings (SSSR count). The highest BCUT2D eigenvalue weighted by Gasteiger charge is 2.39. The third kappa shape index (κ3) is 2.66. The van der Waals surface area contributed by atoms with Crippen LogP contribution in [-0.4, -0.2) is 21.8 Å². The van der Waals surface area contributed by atoms with Gasteiger partial charge in [-0.15, -0.1) is 0 Å². The van der Waals surface area contributed by atoms with Crippen LogP contribution in [0.15, 0.2) is 29.1 Å². The van der Waals surface area contributed by atoms with Crippen molar-refractivity contribution in [3.63, 3.8) is 0 Å². The lowest BCUT2D eigenvalue weighted by Crippen LogP contribution is -2.44. The number of para-hydroxylation sites is 1. The summed E-state index contributed by atoms with van der Waals surface area (Å²) in [7, 11) is 0. The molecule has 4 nitrogen and oxygen atoms in total. The van der Waals surface area contributed by atoms with Gasteiger partial charge in [-0.25, -0.2) is 0 Å². The van der Waals surface area contributed by atoms with Gasteiger partial charge in [-0.2, -0.15) is 0 Å². The van der Waals surface area contributed by atoms with Gasteiger partial charge < -0.3 is 9.72 Å². The second-order valence-corrected chi connectivity index (χ2v) is 7.28. The molecule has 2 heterocycles. The number of H-pyrrole nitrogens is 1. The van der Waals surface area contributed by atoms with Crippen molar-refractivity contribution in [1.29, 1.82) is 0 Å². The van der Waals surface area contributed by atoms with Gasteiger partial charge in [0.1, 0.15) is 0 Å². The highest BCUT2D eigenvalue weighted by molar-refractivity contribution is 7.71. The zero-order valence-corrected chi connectivity index (χ0v) is 14.0. The molecule has 0 radical (unpaired) electrons. The van der Waals surface area contributed by atoms with E-state index in [0.29, 0.717) is 10.2 Å². The molecule has 1 aromatic carbocycles. The number of aromatic amines is 1. The second-order valence-electron chi connectivity index (χ2n) is 6.89. The van der Waals surface area contributed by atoms with Crippen LogP contribution in [0, 0.1) is 4.77 Å². The molecular formula is C18H22N2O2S. The molecule has 1 aliphatic carbocycles. The van der Waals surface area contributed by atoms with E-state index in [2.05, 4.69) is 4.98 Å². The molecule has 1 spiro atoms. The summed E-state index contributed by atoms with van der Waals surface area (Å²) in [5.41, 5.74) is 0.814. The first-order chi connectivity index (χ1) is 11.2. The first-order valence-electron chi connectivity index (χ1n) is 8.56. The Kier molecular flexibility index (Phi) is 3.85. The minimum atomic E-state index is -0.0337. The molecule has 2 aliphatic rings. The molecule has 1 atom stereocenters. The van der Waals surface area contributed by atoms with Crippen LogP contribution in [0.4, 0.5) is 0 Å². The fourth-order valence-electron chi connectivity index (χ4n) is 4.27. The van der Waals surface area contributed by atoms with E-state index in [-0.39, 0.29) is 17.2 Å². The second kappa shape index (κ2) is 5.87. The Hall–Kier alpha value is -1.46. The monoisotopic (exact) mass is 330 g/mol. The van der Waals surface area contributed by atoms with Gasteiger partial charge in [0.05, 0.1) is 16.5 Å². The number of fused-ring (bicyclic) bond motifs is 1. The van der Waals surface area contributed by atoms with Gasteiger partial charge >= 0.3 is 0 Å². The zero-order chi connectivity index (χ0) is 15.9. The van der Waals surface area contributed by atoms with Crippen LogP contribution in [0.5, 0.6) is 0 Å². The molecule has 1 aromatic heterocycles. The maximum Gasteiger partial charge on any atom is 0.262 e. The Morgan fingerprint density at radius 2 is 2.00 bits per heavy atom. The van der Waals surface area contributed by atoms with Gasteiger partial charge in [0.25, 0.3) is 5.56 Å². The predicted octanol–water partition coefficient (Wildman–Crippen LogP) is 4.11. The van der Waals surface area contributed by atoms with E-state index in [1.807, 2.05) is 24.3 Å². The lowest BCUT2D eigenvalue weighted by molar-refractivity contribution is -0.115. The molecule has 23 heavy (non-hydrogen) atoms. The number of nitrogens with zero attached hydrogens (tertiary/aromatic N) is 1. The number of nitrogens with one attached hydrogen (secondary N) is 1. The highest BCUT2D eigenvalue weighted by atomic mass is 32.1. The summed E-state index contributed by atoms with van der Waals surface area (Å²) in [6.07, 6.45) is 7.75. The standard InChI is InChI=1S/C18H22N2O2S/c21-16-14-6-2-3-7-15(14)19-17(23)20(16)13-8-11-22-18(12-13)9-4-1-5-10-18/h2-3,6-7,13H,1,4-5,8-12H2,(H,19,23)/t13-/m0/s1. The topological polar surface area (TPSA) is 47.0 Å². The van der Waals surface area contributed by atoms with Crippen molar-refractivity contribution in [3.05, 3.63) is 39.4 Å². The number of benzene rings is 1. The fraction of sp³-hybridized carbons (Fsp3) is 0.556. The van der Waals surface area contributed by atoms with Crippen molar-refractivity contribution < 1.29 is 4.74 Å². The van der Waals surface area contributed by atoms with E-state index in [0.717, 1.165) is 37.8 Å². The van der Waals surface area contributed by atoms with E-state index in [1.165, 1.54) is 19.3 Å². The van der Waals surface area contributed by atoms with Gasteiger partial charge in [0, 0.05) is 12.6 Å². The zero-order valence-electron chi connectivity index (χ0n) is 13.2. The number of aromatic nitrogens is 2. The van der Waals surface area contributed by atoms with Gasteiger partial charge in [-0.05, 0) is 50.0 Å². The number of ether oxygens (including phenoxy) is 1. The number of rotatable bonds is 1. The minimum Gasteiger partial charge on any atom is -0.375 e. The summed E-state index contributed by atoms with van der Waals surface area (Å²) in [5, 5.41) is 0.713. The smallest absolute Gasteiger partial charge is 0.262 e. The summed E-state index contributed by atoms with van der Waals surface area (Å²) in [5.74, 6) is 0. The van der Waals surface area contributed by atoms with Gasteiger partial charge in [-0.1, -0.05) is 31.4 Å². The van der Waals surface area contributed by atoms with E-state index in [1.54, 1.807) is 4.57 Å². The maximum atomic E-state index is 13.0. The molecular weight excluding hydrogens is 308 g/mol. The highest BCUT2D eigenvalue weighted by Crippen LogP contribution is 2.42. The van der Waals surface area contributed by atoms with E-state index >= 15 is 0 Å². The van der Waals surface area contributed by atoms with Crippen LogP contribution < -0.4 is 5.56 Å². The summed E-state index contributed by atoms with van der Waals surface area (Å²) >= 11 is 5.50. The van der Waals surface area contributed by atoms with Crippen molar-refractivity contribution in [2.45, 2.75) is 56.6 Å². The van der Waals surface area contributed by atoms with Gasteiger partial charge in [0.2, 0.25) is 0 Å². The minimum absolute atomic E-state index is 0.0298. The number of hydrogen-bond donors (Lipinski definition) is 1. The van der Waals surface area contributed by atoms with Crippen LogP contribution in [0.25, 0.3) is 10.9 Å². The Morgan fingerprint density at radius 1 is 1.22 bits per heavy atom. The first-order valence-corrected chi connectivity index (χ1v) is 8.97. The van der Waals surface area contributed by atoms with E-state index in [9.17, 15) is 4.79 Å². The third-order valence-electron chi connectivity index (χ3n) is 5.43. The SMILES string of the molecule is O=c1c2ccccc2[nH]c(=S)n1[C@H]1CCOC2(CCCCC2)C1.